The van der Waals surface area contributed by atoms with Crippen LogP contribution in [0.5, 0.6) is 0 Å². The van der Waals surface area contributed by atoms with E-state index in [-0.39, 0.29) is 5.91 Å². The summed E-state index contributed by atoms with van der Waals surface area (Å²) in [5.41, 5.74) is 4.16. The molecule has 0 bridgehead atoms. The van der Waals surface area contributed by atoms with Crippen LogP contribution in [0.15, 0.2) is 30.3 Å². The lowest BCUT2D eigenvalue weighted by atomic mass is 10.1. The van der Waals surface area contributed by atoms with Crippen LogP contribution >= 0.6 is 0 Å². The van der Waals surface area contributed by atoms with Crippen molar-refractivity contribution in [1.82, 2.24) is 15.5 Å². The highest BCUT2D eigenvalue weighted by Crippen LogP contribution is 2.31. The Morgan fingerprint density at radius 1 is 1.42 bits per heavy atom. The van der Waals surface area contributed by atoms with Crippen LogP contribution in [0.1, 0.15) is 42.5 Å². The van der Waals surface area contributed by atoms with Gasteiger partial charge in [0.2, 0.25) is 0 Å². The number of anilines is 1. The van der Waals surface area contributed by atoms with Gasteiger partial charge in [-0.15, -0.1) is 0 Å². The third kappa shape index (κ3) is 3.61. The second kappa shape index (κ2) is 7.07. The van der Waals surface area contributed by atoms with E-state index in [9.17, 15) is 4.79 Å². The maximum Gasteiger partial charge on any atom is 0.271 e. The van der Waals surface area contributed by atoms with Gasteiger partial charge >= 0.3 is 0 Å². The molecule has 128 valence electrons. The number of amides is 1. The Morgan fingerprint density at radius 2 is 2.21 bits per heavy atom. The lowest BCUT2D eigenvalue weighted by Crippen LogP contribution is -2.38. The van der Waals surface area contributed by atoms with Crippen LogP contribution in [0.4, 0.5) is 5.69 Å². The van der Waals surface area contributed by atoms with Crippen LogP contribution in [0.3, 0.4) is 0 Å². The molecular formula is C19H26N4O. The smallest absolute Gasteiger partial charge is 0.271 e. The van der Waals surface area contributed by atoms with E-state index in [0.717, 1.165) is 25.1 Å². The van der Waals surface area contributed by atoms with Crippen molar-refractivity contribution in [3.05, 3.63) is 47.3 Å². The number of benzene rings is 1. The quantitative estimate of drug-likeness (QED) is 0.858. The normalized spacial score (nSPS) is 16.5. The number of carbonyl (C=O) groups is 1. The van der Waals surface area contributed by atoms with Crippen molar-refractivity contribution in [3.8, 4) is 0 Å². The van der Waals surface area contributed by atoms with Gasteiger partial charge in [-0.1, -0.05) is 32.0 Å². The SMILES string of the molecule is CC(C)Cc1cc(C(=O)NCCN2c3ccccc3CC2C)n[nH]1. The van der Waals surface area contributed by atoms with Gasteiger partial charge in [-0.2, -0.15) is 5.10 Å². The molecule has 24 heavy (non-hydrogen) atoms. The molecule has 3 rings (SSSR count). The molecule has 5 nitrogen and oxygen atoms in total. The van der Waals surface area contributed by atoms with Crippen molar-refractivity contribution in [3.63, 3.8) is 0 Å². The predicted octanol–water partition coefficient (Wildman–Crippen LogP) is 2.79. The van der Waals surface area contributed by atoms with E-state index in [1.165, 1.54) is 11.3 Å². The average molecular weight is 326 g/mol. The molecule has 2 aromatic rings. The topological polar surface area (TPSA) is 61.0 Å². The third-order valence-electron chi connectivity index (χ3n) is 4.48. The summed E-state index contributed by atoms with van der Waals surface area (Å²) in [6, 6.07) is 10.8. The van der Waals surface area contributed by atoms with Gasteiger partial charge in [-0.05, 0) is 43.4 Å². The van der Waals surface area contributed by atoms with Gasteiger partial charge in [-0.3, -0.25) is 9.89 Å². The summed E-state index contributed by atoms with van der Waals surface area (Å²) in [7, 11) is 0. The van der Waals surface area contributed by atoms with Gasteiger partial charge in [0, 0.05) is 30.5 Å². The summed E-state index contributed by atoms with van der Waals surface area (Å²) in [6.45, 7) is 7.95. The molecule has 0 aliphatic carbocycles. The van der Waals surface area contributed by atoms with Gasteiger partial charge in [0.25, 0.3) is 5.91 Å². The van der Waals surface area contributed by atoms with Crippen molar-refractivity contribution in [2.24, 2.45) is 5.92 Å². The lowest BCUT2D eigenvalue weighted by molar-refractivity contribution is 0.0949. The standard InChI is InChI=1S/C19H26N4O/c1-13(2)10-16-12-17(22-21-16)19(24)20-8-9-23-14(3)11-15-6-4-5-7-18(15)23/h4-7,12-14H,8-11H2,1-3H3,(H,20,24)(H,21,22). The van der Waals surface area contributed by atoms with Gasteiger partial charge in [0.05, 0.1) is 0 Å². The molecule has 2 heterocycles. The number of carbonyl (C=O) groups excluding carboxylic acids is 1. The minimum absolute atomic E-state index is 0.110. The highest BCUT2D eigenvalue weighted by Gasteiger charge is 2.25. The lowest BCUT2D eigenvalue weighted by Gasteiger charge is -2.24. The maximum absolute atomic E-state index is 12.2. The molecule has 2 N–H and O–H groups in total. The predicted molar refractivity (Wildman–Crippen MR) is 96.4 cm³/mol. The molecule has 1 aromatic heterocycles. The summed E-state index contributed by atoms with van der Waals surface area (Å²) in [5, 5.41) is 10.0. The van der Waals surface area contributed by atoms with Gasteiger partial charge in [0.15, 0.2) is 0 Å². The minimum atomic E-state index is -0.110. The molecule has 1 aliphatic rings. The number of hydrogen-bond donors (Lipinski definition) is 2. The van der Waals surface area contributed by atoms with Crippen LogP contribution < -0.4 is 10.2 Å². The van der Waals surface area contributed by atoms with E-state index in [1.807, 2.05) is 6.07 Å². The number of nitrogens with one attached hydrogen (secondary N) is 2. The van der Waals surface area contributed by atoms with Crippen LogP contribution in [0.25, 0.3) is 0 Å². The zero-order chi connectivity index (χ0) is 17.1. The Hall–Kier alpha value is -2.30. The molecule has 0 spiro atoms. The Balaban J connectivity index is 1.53. The molecule has 0 radical (unpaired) electrons. The van der Waals surface area contributed by atoms with Crippen LogP contribution in [0, 0.1) is 5.92 Å². The summed E-state index contributed by atoms with van der Waals surface area (Å²) in [4.78, 5) is 14.6. The van der Waals surface area contributed by atoms with E-state index in [1.54, 1.807) is 0 Å². The molecule has 0 fully saturated rings. The summed E-state index contributed by atoms with van der Waals surface area (Å²) >= 11 is 0. The number of H-pyrrole nitrogens is 1. The largest absolute Gasteiger partial charge is 0.367 e. The molecule has 1 amide bonds. The number of rotatable bonds is 6. The summed E-state index contributed by atoms with van der Waals surface area (Å²) < 4.78 is 0. The molecule has 0 saturated heterocycles. The van der Waals surface area contributed by atoms with Gasteiger partial charge < -0.3 is 10.2 Å². The van der Waals surface area contributed by atoms with Crippen LogP contribution in [0.2, 0.25) is 0 Å². The van der Waals surface area contributed by atoms with Crippen LogP contribution in [-0.4, -0.2) is 35.2 Å². The Labute approximate surface area is 143 Å². The first-order valence-electron chi connectivity index (χ1n) is 8.71. The second-order valence-electron chi connectivity index (χ2n) is 7.01. The molecule has 0 saturated carbocycles. The fourth-order valence-corrected chi connectivity index (χ4v) is 3.37. The minimum Gasteiger partial charge on any atom is -0.367 e. The van der Waals surface area contributed by atoms with E-state index in [4.69, 9.17) is 0 Å². The molecule has 5 heteroatoms. The number of aromatic nitrogens is 2. The number of aromatic amines is 1. The molecule has 1 aromatic carbocycles. The van der Waals surface area contributed by atoms with E-state index >= 15 is 0 Å². The van der Waals surface area contributed by atoms with E-state index in [2.05, 4.69) is 65.5 Å². The Bertz CT molecular complexity index is 707. The number of nitrogens with zero attached hydrogens (tertiary/aromatic N) is 2. The zero-order valence-electron chi connectivity index (χ0n) is 14.7. The summed E-state index contributed by atoms with van der Waals surface area (Å²) in [5.74, 6) is 0.430. The van der Waals surface area contributed by atoms with Crippen molar-refractivity contribution in [2.75, 3.05) is 18.0 Å². The Kier molecular flexibility index (Phi) is 4.88. The Morgan fingerprint density at radius 3 is 3.00 bits per heavy atom. The van der Waals surface area contributed by atoms with E-state index < -0.39 is 0 Å². The maximum atomic E-state index is 12.2. The van der Waals surface area contributed by atoms with E-state index in [0.29, 0.717) is 24.2 Å². The zero-order valence-corrected chi connectivity index (χ0v) is 14.7. The highest BCUT2D eigenvalue weighted by atomic mass is 16.1. The highest BCUT2D eigenvalue weighted by molar-refractivity contribution is 5.92. The van der Waals surface area contributed by atoms with Gasteiger partial charge in [-0.25, -0.2) is 0 Å². The second-order valence-corrected chi connectivity index (χ2v) is 7.01. The van der Waals surface area contributed by atoms with Crippen molar-refractivity contribution in [1.29, 1.82) is 0 Å². The first kappa shape index (κ1) is 16.6. The molecule has 1 atom stereocenters. The van der Waals surface area contributed by atoms with Crippen molar-refractivity contribution in [2.45, 2.75) is 39.7 Å². The van der Waals surface area contributed by atoms with Crippen molar-refractivity contribution < 1.29 is 4.79 Å². The third-order valence-corrected chi connectivity index (χ3v) is 4.48. The monoisotopic (exact) mass is 326 g/mol. The van der Waals surface area contributed by atoms with Gasteiger partial charge in [0.1, 0.15) is 5.69 Å². The van der Waals surface area contributed by atoms with Crippen molar-refractivity contribution >= 4 is 11.6 Å². The van der Waals surface area contributed by atoms with Crippen LogP contribution in [-0.2, 0) is 12.8 Å². The number of hydrogen-bond acceptors (Lipinski definition) is 3. The molecule has 1 aliphatic heterocycles. The first-order valence-corrected chi connectivity index (χ1v) is 8.71. The molecule has 1 unspecified atom stereocenters. The summed E-state index contributed by atoms with van der Waals surface area (Å²) in [6.07, 6.45) is 1.98. The molecular weight excluding hydrogens is 300 g/mol. The number of para-hydroxylation sites is 1. The average Bonchev–Trinajstić information content (AvgIpc) is 3.11. The number of fused-ring (bicyclic) bond motifs is 1. The fraction of sp³-hybridized carbons (Fsp3) is 0.474. The first-order chi connectivity index (χ1) is 11.5. The fourth-order valence-electron chi connectivity index (χ4n) is 3.37.